The van der Waals surface area contributed by atoms with Crippen LogP contribution in [-0.2, 0) is 0 Å². The molecule has 1 aliphatic rings. The van der Waals surface area contributed by atoms with Crippen LogP contribution in [0.5, 0.6) is 0 Å². The quantitative estimate of drug-likeness (QED) is 0.845. The van der Waals surface area contributed by atoms with Gasteiger partial charge < -0.3 is 5.32 Å². The Kier molecular flexibility index (Phi) is 5.77. The highest BCUT2D eigenvalue weighted by atomic mass is 35.5. The summed E-state index contributed by atoms with van der Waals surface area (Å²) in [6.45, 7) is 2.67. The van der Waals surface area contributed by atoms with Crippen LogP contribution in [0.2, 0.25) is 10.0 Å². The number of hydrogen-bond donors (Lipinski definition) is 1. The smallest absolute Gasteiger partial charge is 0.252 e. The second-order valence-electron chi connectivity index (χ2n) is 5.98. The van der Waals surface area contributed by atoms with Crippen LogP contribution < -0.4 is 5.32 Å². The first-order chi connectivity index (χ1) is 11.7. The fourth-order valence-corrected chi connectivity index (χ4v) is 3.54. The van der Waals surface area contributed by atoms with Gasteiger partial charge in [0.25, 0.3) is 5.91 Å². The molecule has 126 valence electrons. The molecule has 1 unspecified atom stereocenters. The number of likely N-dealkylation sites (tertiary alicyclic amines) is 1. The molecule has 3 nitrogen and oxygen atoms in total. The number of halogens is 2. The lowest BCUT2D eigenvalue weighted by atomic mass is 10.1. The van der Waals surface area contributed by atoms with Gasteiger partial charge in [-0.2, -0.15) is 0 Å². The summed E-state index contributed by atoms with van der Waals surface area (Å²) in [5, 5.41) is 3.71. The first kappa shape index (κ1) is 17.3. The maximum absolute atomic E-state index is 12.5. The summed E-state index contributed by atoms with van der Waals surface area (Å²) in [6.07, 6.45) is 2.41. The second kappa shape index (κ2) is 8.02. The number of benzene rings is 2. The molecule has 0 aromatic heterocycles. The summed E-state index contributed by atoms with van der Waals surface area (Å²) in [7, 11) is 0. The molecule has 1 saturated heterocycles. The summed E-state index contributed by atoms with van der Waals surface area (Å²) in [5.41, 5.74) is 1.63. The van der Waals surface area contributed by atoms with Crippen LogP contribution >= 0.6 is 23.2 Å². The molecule has 2 aromatic rings. The Labute approximate surface area is 152 Å². The van der Waals surface area contributed by atoms with E-state index in [9.17, 15) is 4.79 Å². The van der Waals surface area contributed by atoms with Crippen molar-refractivity contribution in [1.82, 2.24) is 10.2 Å². The molecule has 0 bridgehead atoms. The minimum absolute atomic E-state index is 0.176. The van der Waals surface area contributed by atoms with Crippen molar-refractivity contribution >= 4 is 29.1 Å². The molecule has 1 fully saturated rings. The van der Waals surface area contributed by atoms with Crippen LogP contribution in [0.15, 0.2) is 48.5 Å². The number of carbonyl (C=O) groups excluding carboxylic acids is 1. The molecule has 1 heterocycles. The van der Waals surface area contributed by atoms with E-state index < -0.39 is 0 Å². The molecule has 1 atom stereocenters. The third-order valence-electron chi connectivity index (χ3n) is 4.42. The van der Waals surface area contributed by atoms with Crippen molar-refractivity contribution in [1.29, 1.82) is 0 Å². The Hall–Kier alpha value is -1.55. The van der Waals surface area contributed by atoms with E-state index in [1.54, 1.807) is 18.2 Å². The largest absolute Gasteiger partial charge is 0.350 e. The summed E-state index contributed by atoms with van der Waals surface area (Å²) in [6, 6.07) is 15.6. The van der Waals surface area contributed by atoms with Gasteiger partial charge in [0, 0.05) is 6.54 Å². The number of amides is 1. The van der Waals surface area contributed by atoms with Gasteiger partial charge in [0.05, 0.1) is 21.7 Å². The van der Waals surface area contributed by atoms with Gasteiger partial charge in [-0.15, -0.1) is 0 Å². The molecule has 0 aliphatic carbocycles. The third kappa shape index (κ3) is 3.92. The Morgan fingerprint density at radius 2 is 1.75 bits per heavy atom. The van der Waals surface area contributed by atoms with Gasteiger partial charge in [-0.05, 0) is 43.6 Å². The summed E-state index contributed by atoms with van der Waals surface area (Å²) in [4.78, 5) is 14.9. The highest BCUT2D eigenvalue weighted by Crippen LogP contribution is 2.27. The Morgan fingerprint density at radius 1 is 1.04 bits per heavy atom. The van der Waals surface area contributed by atoms with Crippen LogP contribution in [0.3, 0.4) is 0 Å². The molecule has 24 heavy (non-hydrogen) atoms. The average Bonchev–Trinajstić information content (AvgIpc) is 3.12. The van der Waals surface area contributed by atoms with E-state index in [2.05, 4.69) is 22.3 Å². The summed E-state index contributed by atoms with van der Waals surface area (Å²) >= 11 is 12.1. The van der Waals surface area contributed by atoms with Crippen LogP contribution in [-0.4, -0.2) is 30.4 Å². The van der Waals surface area contributed by atoms with E-state index in [1.165, 1.54) is 18.4 Å². The molecule has 0 spiro atoms. The minimum atomic E-state index is -0.192. The van der Waals surface area contributed by atoms with Crippen LogP contribution in [0.4, 0.5) is 0 Å². The fourth-order valence-electron chi connectivity index (χ4n) is 3.15. The zero-order valence-electron chi connectivity index (χ0n) is 13.3. The third-order valence-corrected chi connectivity index (χ3v) is 5.24. The molecular formula is C19H20Cl2N2O. The molecular weight excluding hydrogens is 343 g/mol. The van der Waals surface area contributed by atoms with Gasteiger partial charge >= 0.3 is 0 Å². The molecule has 1 aliphatic heterocycles. The number of nitrogens with zero attached hydrogens (tertiary/aromatic N) is 1. The number of carbonyl (C=O) groups is 1. The van der Waals surface area contributed by atoms with E-state index in [0.29, 0.717) is 22.2 Å². The monoisotopic (exact) mass is 362 g/mol. The lowest BCUT2D eigenvalue weighted by Crippen LogP contribution is -2.36. The standard InChI is InChI=1S/C19H20Cl2N2O/c20-16-10-6-9-15(18(16)21)19(24)22-13-17(23-11-4-5-12-23)14-7-2-1-3-8-14/h1-3,6-10,17H,4-5,11-13H2,(H,22,24). The van der Waals surface area contributed by atoms with Crippen molar-refractivity contribution in [3.05, 3.63) is 69.7 Å². The van der Waals surface area contributed by atoms with Crippen LogP contribution in [0, 0.1) is 0 Å². The Bertz CT molecular complexity index is 700. The van der Waals surface area contributed by atoms with Crippen molar-refractivity contribution in [3.8, 4) is 0 Å². The molecule has 1 amide bonds. The first-order valence-electron chi connectivity index (χ1n) is 8.18. The minimum Gasteiger partial charge on any atom is -0.350 e. The zero-order chi connectivity index (χ0) is 16.9. The van der Waals surface area contributed by atoms with Gasteiger partial charge in [-0.25, -0.2) is 0 Å². The second-order valence-corrected chi connectivity index (χ2v) is 6.77. The van der Waals surface area contributed by atoms with Gasteiger partial charge in [0.15, 0.2) is 0 Å². The van der Waals surface area contributed by atoms with Crippen molar-refractivity contribution in [3.63, 3.8) is 0 Å². The topological polar surface area (TPSA) is 32.3 Å². The highest BCUT2D eigenvalue weighted by molar-refractivity contribution is 6.43. The van der Waals surface area contributed by atoms with Gasteiger partial charge in [-0.3, -0.25) is 9.69 Å². The van der Waals surface area contributed by atoms with Gasteiger partial charge in [0.2, 0.25) is 0 Å². The number of nitrogens with one attached hydrogen (secondary N) is 1. The van der Waals surface area contributed by atoms with Crippen LogP contribution in [0.1, 0.15) is 34.8 Å². The van der Waals surface area contributed by atoms with Crippen molar-refractivity contribution < 1.29 is 4.79 Å². The molecule has 3 rings (SSSR count). The van der Waals surface area contributed by atoms with Crippen molar-refractivity contribution in [2.24, 2.45) is 0 Å². The maximum atomic E-state index is 12.5. The maximum Gasteiger partial charge on any atom is 0.252 e. The Morgan fingerprint density at radius 3 is 2.46 bits per heavy atom. The molecule has 1 N–H and O–H groups in total. The van der Waals surface area contributed by atoms with E-state index in [4.69, 9.17) is 23.2 Å². The van der Waals surface area contributed by atoms with E-state index in [1.807, 2.05) is 18.2 Å². The predicted molar refractivity (Wildman–Crippen MR) is 98.8 cm³/mol. The fraction of sp³-hybridized carbons (Fsp3) is 0.316. The highest BCUT2D eigenvalue weighted by Gasteiger charge is 2.24. The van der Waals surface area contributed by atoms with Crippen molar-refractivity contribution in [2.75, 3.05) is 19.6 Å². The van der Waals surface area contributed by atoms with Crippen molar-refractivity contribution in [2.45, 2.75) is 18.9 Å². The SMILES string of the molecule is O=C(NCC(c1ccccc1)N1CCCC1)c1cccc(Cl)c1Cl. The van der Waals surface area contributed by atoms with E-state index >= 15 is 0 Å². The van der Waals surface area contributed by atoms with Gasteiger partial charge in [-0.1, -0.05) is 59.6 Å². The molecule has 0 radical (unpaired) electrons. The summed E-state index contributed by atoms with van der Waals surface area (Å²) in [5.74, 6) is -0.192. The molecule has 2 aromatic carbocycles. The number of rotatable bonds is 5. The first-order valence-corrected chi connectivity index (χ1v) is 8.93. The number of hydrogen-bond acceptors (Lipinski definition) is 2. The molecule has 5 heteroatoms. The molecule has 0 saturated carbocycles. The zero-order valence-corrected chi connectivity index (χ0v) is 14.9. The summed E-state index contributed by atoms with van der Waals surface area (Å²) < 4.78 is 0. The average molecular weight is 363 g/mol. The van der Waals surface area contributed by atoms with Gasteiger partial charge in [0.1, 0.15) is 0 Å². The van der Waals surface area contributed by atoms with E-state index in [-0.39, 0.29) is 11.9 Å². The normalized spacial score (nSPS) is 16.1. The lowest BCUT2D eigenvalue weighted by Gasteiger charge is -2.28. The van der Waals surface area contributed by atoms with Crippen LogP contribution in [0.25, 0.3) is 0 Å². The van der Waals surface area contributed by atoms with E-state index in [0.717, 1.165) is 13.1 Å². The lowest BCUT2D eigenvalue weighted by molar-refractivity contribution is 0.0938. The predicted octanol–water partition coefficient (Wildman–Crippen LogP) is 4.56. The Balaban J connectivity index is 1.73.